The van der Waals surface area contributed by atoms with E-state index in [-0.39, 0.29) is 0 Å². The van der Waals surface area contributed by atoms with E-state index in [0.717, 1.165) is 35.2 Å². The molecule has 0 spiro atoms. The highest BCUT2D eigenvalue weighted by molar-refractivity contribution is 5.84. The van der Waals surface area contributed by atoms with Gasteiger partial charge in [0.15, 0.2) is 0 Å². The molecule has 2 aromatic rings. The van der Waals surface area contributed by atoms with Gasteiger partial charge in [-0.25, -0.2) is 4.98 Å². The van der Waals surface area contributed by atoms with Crippen molar-refractivity contribution in [2.45, 2.75) is 31.9 Å². The molecule has 1 aromatic carbocycles. The Morgan fingerprint density at radius 3 is 2.83 bits per heavy atom. The number of benzene rings is 1. The normalized spacial score (nSPS) is 22.8. The number of rotatable bonds is 3. The molecule has 0 bridgehead atoms. The van der Waals surface area contributed by atoms with Crippen LogP contribution in [0.4, 0.5) is 0 Å². The molecule has 0 saturated heterocycles. The second-order valence-electron chi connectivity index (χ2n) is 4.98. The van der Waals surface area contributed by atoms with E-state index in [1.165, 1.54) is 0 Å². The van der Waals surface area contributed by atoms with Crippen LogP contribution in [0.25, 0.3) is 10.9 Å². The summed E-state index contributed by atoms with van der Waals surface area (Å²) in [6, 6.07) is 10.9. The lowest BCUT2D eigenvalue weighted by Crippen LogP contribution is -2.45. The fourth-order valence-electron chi connectivity index (χ4n) is 2.39. The van der Waals surface area contributed by atoms with Gasteiger partial charge in [-0.05, 0) is 38.9 Å². The molecule has 1 aromatic heterocycles. The van der Waals surface area contributed by atoms with Gasteiger partial charge in [0.2, 0.25) is 0 Å². The average Bonchev–Trinajstić information content (AvgIpc) is 2.33. The van der Waals surface area contributed by atoms with Crippen molar-refractivity contribution in [2.75, 3.05) is 7.05 Å². The van der Waals surface area contributed by atoms with E-state index in [1.807, 2.05) is 32.2 Å². The molecule has 1 aliphatic rings. The van der Waals surface area contributed by atoms with Crippen molar-refractivity contribution in [3.63, 3.8) is 0 Å². The summed E-state index contributed by atoms with van der Waals surface area (Å²) in [6.07, 6.45) is 2.49. The molecule has 1 heterocycles. The Morgan fingerprint density at radius 2 is 2.06 bits per heavy atom. The molecule has 1 N–H and O–H groups in total. The van der Waals surface area contributed by atoms with Crippen molar-refractivity contribution in [3.05, 3.63) is 36.0 Å². The number of hydrogen-bond donors (Lipinski definition) is 1. The predicted molar refractivity (Wildman–Crippen MR) is 73.0 cm³/mol. The molecule has 1 fully saturated rings. The molecule has 3 nitrogen and oxygen atoms in total. The zero-order chi connectivity index (χ0) is 12.5. The maximum Gasteiger partial charge on any atom is 0.145 e. The van der Waals surface area contributed by atoms with Gasteiger partial charge in [-0.1, -0.05) is 18.2 Å². The average molecular weight is 242 g/mol. The van der Waals surface area contributed by atoms with Gasteiger partial charge in [0.25, 0.3) is 0 Å². The Bertz CT molecular complexity index is 561. The second-order valence-corrected chi connectivity index (χ2v) is 4.98. The first-order valence-electron chi connectivity index (χ1n) is 6.46. The van der Waals surface area contributed by atoms with Crippen molar-refractivity contribution in [1.82, 2.24) is 10.3 Å². The first kappa shape index (κ1) is 11.5. The third kappa shape index (κ3) is 2.06. The lowest BCUT2D eigenvalue weighted by molar-refractivity contribution is 0.0898. The smallest absolute Gasteiger partial charge is 0.145 e. The van der Waals surface area contributed by atoms with Crippen molar-refractivity contribution in [2.24, 2.45) is 0 Å². The quantitative estimate of drug-likeness (QED) is 0.898. The van der Waals surface area contributed by atoms with Crippen molar-refractivity contribution in [1.29, 1.82) is 0 Å². The maximum absolute atomic E-state index is 6.05. The van der Waals surface area contributed by atoms with Crippen LogP contribution in [-0.2, 0) is 0 Å². The minimum atomic E-state index is 0.329. The lowest BCUT2D eigenvalue weighted by atomic mass is 9.89. The molecular formula is C15H18N2O. The number of aryl methyl sites for hydroxylation is 1. The van der Waals surface area contributed by atoms with E-state index in [0.29, 0.717) is 12.1 Å². The Morgan fingerprint density at radius 1 is 1.22 bits per heavy atom. The molecule has 1 aliphatic carbocycles. The van der Waals surface area contributed by atoms with Crippen molar-refractivity contribution >= 4 is 10.9 Å². The van der Waals surface area contributed by atoms with E-state index in [4.69, 9.17) is 4.74 Å². The molecule has 0 aliphatic heterocycles. The Hall–Kier alpha value is -1.61. The standard InChI is InChI=1S/C15H18N2O/c1-10-6-7-11-4-3-5-14(15(11)17-10)18-13-8-12(9-13)16-2/h3-7,12-13,16H,8-9H2,1-2H3. The van der Waals surface area contributed by atoms with Gasteiger partial charge in [-0.15, -0.1) is 0 Å². The number of hydrogen-bond acceptors (Lipinski definition) is 3. The molecule has 0 atom stereocenters. The van der Waals surface area contributed by atoms with Gasteiger partial charge in [0, 0.05) is 17.1 Å². The van der Waals surface area contributed by atoms with Gasteiger partial charge >= 0.3 is 0 Å². The molecule has 3 rings (SSSR count). The van der Waals surface area contributed by atoms with Crippen LogP contribution >= 0.6 is 0 Å². The summed E-state index contributed by atoms with van der Waals surface area (Å²) < 4.78 is 6.05. The van der Waals surface area contributed by atoms with E-state index >= 15 is 0 Å². The lowest BCUT2D eigenvalue weighted by Gasteiger charge is -2.35. The highest BCUT2D eigenvalue weighted by Gasteiger charge is 2.29. The number of aromatic nitrogens is 1. The highest BCUT2D eigenvalue weighted by atomic mass is 16.5. The van der Waals surface area contributed by atoms with Gasteiger partial charge in [0.05, 0.1) is 0 Å². The topological polar surface area (TPSA) is 34.1 Å². The SMILES string of the molecule is CNC1CC(Oc2cccc3ccc(C)nc23)C1. The second kappa shape index (κ2) is 4.58. The summed E-state index contributed by atoms with van der Waals surface area (Å²) >= 11 is 0. The van der Waals surface area contributed by atoms with Gasteiger partial charge in [0.1, 0.15) is 17.4 Å². The third-order valence-corrected chi connectivity index (χ3v) is 3.62. The molecule has 0 radical (unpaired) electrons. The van der Waals surface area contributed by atoms with Crippen molar-refractivity contribution < 1.29 is 4.74 Å². The van der Waals surface area contributed by atoms with Crippen LogP contribution in [0.2, 0.25) is 0 Å². The van der Waals surface area contributed by atoms with Crippen LogP contribution < -0.4 is 10.1 Å². The summed E-state index contributed by atoms with van der Waals surface area (Å²) in [6.45, 7) is 2.01. The number of para-hydroxylation sites is 1. The molecule has 0 amide bonds. The Labute approximate surface area is 107 Å². The van der Waals surface area contributed by atoms with E-state index in [1.54, 1.807) is 0 Å². The molecular weight excluding hydrogens is 224 g/mol. The summed E-state index contributed by atoms with van der Waals surface area (Å²) in [5.41, 5.74) is 2.01. The van der Waals surface area contributed by atoms with Crippen LogP contribution in [0.1, 0.15) is 18.5 Å². The summed E-state index contributed by atoms with van der Waals surface area (Å²) in [7, 11) is 2.00. The predicted octanol–water partition coefficient (Wildman–Crippen LogP) is 2.67. The largest absolute Gasteiger partial charge is 0.488 e. The summed E-state index contributed by atoms with van der Waals surface area (Å²) in [5.74, 6) is 0.913. The maximum atomic E-state index is 6.05. The first-order chi connectivity index (χ1) is 8.76. The monoisotopic (exact) mass is 242 g/mol. The first-order valence-corrected chi connectivity index (χ1v) is 6.46. The number of fused-ring (bicyclic) bond motifs is 1. The number of pyridine rings is 1. The zero-order valence-electron chi connectivity index (χ0n) is 10.8. The highest BCUT2D eigenvalue weighted by Crippen LogP contribution is 2.30. The van der Waals surface area contributed by atoms with Crippen LogP contribution in [0, 0.1) is 6.92 Å². The van der Waals surface area contributed by atoms with Crippen LogP contribution in [-0.4, -0.2) is 24.2 Å². The Balaban J connectivity index is 1.85. The van der Waals surface area contributed by atoms with Crippen LogP contribution in [0.3, 0.4) is 0 Å². The minimum Gasteiger partial charge on any atom is -0.488 e. The summed E-state index contributed by atoms with van der Waals surface area (Å²) in [4.78, 5) is 4.59. The molecule has 3 heteroatoms. The fourth-order valence-corrected chi connectivity index (χ4v) is 2.39. The van der Waals surface area contributed by atoms with Crippen LogP contribution in [0.5, 0.6) is 5.75 Å². The van der Waals surface area contributed by atoms with E-state index in [9.17, 15) is 0 Å². The van der Waals surface area contributed by atoms with Gasteiger partial charge < -0.3 is 10.1 Å². The molecule has 1 saturated carbocycles. The third-order valence-electron chi connectivity index (χ3n) is 3.62. The van der Waals surface area contributed by atoms with Gasteiger partial charge in [-0.3, -0.25) is 0 Å². The number of nitrogens with one attached hydrogen (secondary N) is 1. The summed E-state index contributed by atoms with van der Waals surface area (Å²) in [5, 5.41) is 4.41. The van der Waals surface area contributed by atoms with Crippen LogP contribution in [0.15, 0.2) is 30.3 Å². The molecule has 0 unspecified atom stereocenters. The number of ether oxygens (including phenoxy) is 1. The zero-order valence-corrected chi connectivity index (χ0v) is 10.8. The van der Waals surface area contributed by atoms with E-state index < -0.39 is 0 Å². The fraction of sp³-hybridized carbons (Fsp3) is 0.400. The Kier molecular flexibility index (Phi) is 2.92. The number of nitrogens with zero attached hydrogens (tertiary/aromatic N) is 1. The minimum absolute atomic E-state index is 0.329. The molecule has 18 heavy (non-hydrogen) atoms. The van der Waals surface area contributed by atoms with E-state index in [2.05, 4.69) is 22.4 Å². The molecule has 94 valence electrons. The van der Waals surface area contributed by atoms with Gasteiger partial charge in [-0.2, -0.15) is 0 Å². The van der Waals surface area contributed by atoms with Crippen molar-refractivity contribution in [3.8, 4) is 5.75 Å².